The summed E-state index contributed by atoms with van der Waals surface area (Å²) in [6, 6.07) is 21.1. The van der Waals surface area contributed by atoms with E-state index in [0.29, 0.717) is 25.1 Å². The molecule has 4 atom stereocenters. The lowest BCUT2D eigenvalue weighted by Crippen LogP contribution is -2.43. The zero-order chi connectivity index (χ0) is 21.9. The molecule has 3 aromatic rings. The molecule has 3 heterocycles. The van der Waals surface area contributed by atoms with Gasteiger partial charge in [0.25, 0.3) is 0 Å². The number of benzene rings is 2. The van der Waals surface area contributed by atoms with Crippen LogP contribution in [-0.2, 0) is 9.47 Å². The molecule has 0 radical (unpaired) electrons. The van der Waals surface area contributed by atoms with Crippen LogP contribution < -0.4 is 10.6 Å². The standard InChI is InChI=1S/C26H30N4O2/c1-17(2)14-28-22-15-31-25-23(16-32-24(22)25)30-26-27-13-12-21(29-26)20-10-8-19(9-11-20)18-6-4-3-5-7-18/h3-13,17,22-25,28H,14-16H2,1-2H3,(H,27,29,30)/t22-,23+,24-,25+/m1/s1. The van der Waals surface area contributed by atoms with E-state index in [2.05, 4.69) is 78.0 Å². The quantitative estimate of drug-likeness (QED) is 0.591. The van der Waals surface area contributed by atoms with Gasteiger partial charge < -0.3 is 20.1 Å². The molecule has 2 aliphatic heterocycles. The number of anilines is 1. The minimum atomic E-state index is 0.0112. The molecule has 32 heavy (non-hydrogen) atoms. The molecule has 2 N–H and O–H groups in total. The Kier molecular flexibility index (Phi) is 6.17. The van der Waals surface area contributed by atoms with E-state index in [0.717, 1.165) is 17.8 Å². The fourth-order valence-corrected chi connectivity index (χ4v) is 4.40. The predicted molar refractivity (Wildman–Crippen MR) is 126 cm³/mol. The normalized spacial score (nSPS) is 24.6. The minimum Gasteiger partial charge on any atom is -0.371 e. The number of hydrogen-bond donors (Lipinski definition) is 2. The maximum absolute atomic E-state index is 6.07. The molecule has 2 aliphatic rings. The number of hydrogen-bond acceptors (Lipinski definition) is 6. The van der Waals surface area contributed by atoms with E-state index >= 15 is 0 Å². The van der Waals surface area contributed by atoms with Crippen molar-refractivity contribution < 1.29 is 9.47 Å². The average molecular weight is 431 g/mol. The van der Waals surface area contributed by atoms with Gasteiger partial charge in [0, 0.05) is 11.8 Å². The van der Waals surface area contributed by atoms with Gasteiger partial charge in [-0.15, -0.1) is 0 Å². The highest BCUT2D eigenvalue weighted by Gasteiger charge is 2.47. The molecule has 0 spiro atoms. The third kappa shape index (κ3) is 4.53. The Hall–Kier alpha value is -2.80. The highest BCUT2D eigenvalue weighted by molar-refractivity contribution is 5.69. The second-order valence-electron chi connectivity index (χ2n) is 8.96. The van der Waals surface area contributed by atoms with Crippen LogP contribution in [0.4, 0.5) is 5.95 Å². The first-order valence-electron chi connectivity index (χ1n) is 11.4. The molecule has 0 aliphatic carbocycles. The third-order valence-electron chi connectivity index (χ3n) is 6.10. The number of nitrogens with zero attached hydrogens (tertiary/aromatic N) is 2. The van der Waals surface area contributed by atoms with Crippen LogP contribution in [0.3, 0.4) is 0 Å². The summed E-state index contributed by atoms with van der Waals surface area (Å²) in [5.41, 5.74) is 4.35. The van der Waals surface area contributed by atoms with Gasteiger partial charge >= 0.3 is 0 Å². The molecule has 0 saturated carbocycles. The van der Waals surface area contributed by atoms with Crippen LogP contribution in [0.2, 0.25) is 0 Å². The summed E-state index contributed by atoms with van der Waals surface area (Å²) < 4.78 is 12.1. The van der Waals surface area contributed by atoms with Crippen LogP contribution >= 0.6 is 0 Å². The van der Waals surface area contributed by atoms with E-state index in [1.165, 1.54) is 11.1 Å². The molecular formula is C26H30N4O2. The molecule has 2 fully saturated rings. The Morgan fingerprint density at radius 3 is 2.25 bits per heavy atom. The average Bonchev–Trinajstić information content (AvgIpc) is 3.41. The molecule has 166 valence electrons. The lowest BCUT2D eigenvalue weighted by Gasteiger charge is -2.19. The predicted octanol–water partition coefficient (Wildman–Crippen LogP) is 4.00. The molecule has 2 saturated heterocycles. The van der Waals surface area contributed by atoms with Crippen molar-refractivity contribution in [2.45, 2.75) is 38.1 Å². The van der Waals surface area contributed by atoms with E-state index < -0.39 is 0 Å². The summed E-state index contributed by atoms with van der Waals surface area (Å²) in [6.45, 7) is 6.65. The molecule has 6 heteroatoms. The van der Waals surface area contributed by atoms with Gasteiger partial charge in [0.1, 0.15) is 12.2 Å². The van der Waals surface area contributed by atoms with E-state index in [4.69, 9.17) is 14.5 Å². The number of rotatable bonds is 7. The Balaban J connectivity index is 1.25. The molecule has 0 bridgehead atoms. The fraction of sp³-hybridized carbons (Fsp3) is 0.385. The fourth-order valence-electron chi connectivity index (χ4n) is 4.40. The summed E-state index contributed by atoms with van der Waals surface area (Å²) in [5.74, 6) is 1.20. The van der Waals surface area contributed by atoms with Crippen LogP contribution in [-0.4, -0.2) is 54.0 Å². The Morgan fingerprint density at radius 1 is 0.844 bits per heavy atom. The lowest BCUT2D eigenvalue weighted by atomic mass is 10.0. The van der Waals surface area contributed by atoms with Crippen LogP contribution in [0, 0.1) is 5.92 Å². The van der Waals surface area contributed by atoms with Gasteiger partial charge in [-0.1, -0.05) is 68.4 Å². The van der Waals surface area contributed by atoms with Crippen molar-refractivity contribution in [2.24, 2.45) is 5.92 Å². The smallest absolute Gasteiger partial charge is 0.223 e. The first-order valence-corrected chi connectivity index (χ1v) is 11.4. The van der Waals surface area contributed by atoms with Crippen molar-refractivity contribution in [3.8, 4) is 22.4 Å². The van der Waals surface area contributed by atoms with Crippen molar-refractivity contribution in [3.05, 3.63) is 66.9 Å². The molecular weight excluding hydrogens is 400 g/mol. The van der Waals surface area contributed by atoms with Crippen LogP contribution in [0.5, 0.6) is 0 Å². The molecule has 6 nitrogen and oxygen atoms in total. The minimum absolute atomic E-state index is 0.0112. The summed E-state index contributed by atoms with van der Waals surface area (Å²) >= 11 is 0. The Morgan fingerprint density at radius 2 is 1.50 bits per heavy atom. The Bertz CT molecular complexity index is 1030. The van der Waals surface area contributed by atoms with Crippen molar-refractivity contribution >= 4 is 5.95 Å². The SMILES string of the molecule is CC(C)CN[C@@H]1CO[C@@H]2[C@@H]1OC[C@@H]2Nc1nccc(-c2ccc(-c3ccccc3)cc2)n1. The highest BCUT2D eigenvalue weighted by Crippen LogP contribution is 2.29. The van der Waals surface area contributed by atoms with Gasteiger partial charge in [-0.25, -0.2) is 9.97 Å². The highest BCUT2D eigenvalue weighted by atomic mass is 16.6. The molecule has 5 rings (SSSR count). The van der Waals surface area contributed by atoms with Gasteiger partial charge in [0.05, 0.1) is 31.0 Å². The lowest BCUT2D eigenvalue weighted by molar-refractivity contribution is 0.0674. The summed E-state index contributed by atoms with van der Waals surface area (Å²) in [6.07, 6.45) is 1.88. The molecule has 0 unspecified atom stereocenters. The third-order valence-corrected chi connectivity index (χ3v) is 6.10. The van der Waals surface area contributed by atoms with E-state index in [1.807, 2.05) is 12.1 Å². The maximum Gasteiger partial charge on any atom is 0.223 e. The summed E-state index contributed by atoms with van der Waals surface area (Å²) in [4.78, 5) is 9.19. The van der Waals surface area contributed by atoms with Gasteiger partial charge in [-0.05, 0) is 29.7 Å². The zero-order valence-electron chi connectivity index (χ0n) is 18.6. The Labute approximate surface area is 189 Å². The van der Waals surface area contributed by atoms with E-state index in [9.17, 15) is 0 Å². The van der Waals surface area contributed by atoms with Crippen molar-refractivity contribution in [2.75, 3.05) is 25.1 Å². The van der Waals surface area contributed by atoms with Crippen LogP contribution in [0.25, 0.3) is 22.4 Å². The maximum atomic E-state index is 6.07. The monoisotopic (exact) mass is 430 g/mol. The van der Waals surface area contributed by atoms with Crippen molar-refractivity contribution in [3.63, 3.8) is 0 Å². The van der Waals surface area contributed by atoms with Crippen molar-refractivity contribution in [1.82, 2.24) is 15.3 Å². The summed E-state index contributed by atoms with van der Waals surface area (Å²) in [7, 11) is 0. The summed E-state index contributed by atoms with van der Waals surface area (Å²) in [5, 5.41) is 7.02. The molecule has 0 amide bonds. The molecule has 1 aromatic heterocycles. The number of ether oxygens (including phenoxy) is 2. The largest absolute Gasteiger partial charge is 0.371 e. The zero-order valence-corrected chi connectivity index (χ0v) is 18.6. The van der Waals surface area contributed by atoms with E-state index in [1.54, 1.807) is 6.20 Å². The van der Waals surface area contributed by atoms with E-state index in [-0.39, 0.29) is 24.3 Å². The first kappa shape index (κ1) is 21.1. The van der Waals surface area contributed by atoms with Crippen LogP contribution in [0.1, 0.15) is 13.8 Å². The van der Waals surface area contributed by atoms with Gasteiger partial charge in [0.15, 0.2) is 0 Å². The number of aromatic nitrogens is 2. The van der Waals surface area contributed by atoms with Gasteiger partial charge in [-0.3, -0.25) is 0 Å². The number of nitrogens with one attached hydrogen (secondary N) is 2. The first-order chi connectivity index (χ1) is 15.7. The topological polar surface area (TPSA) is 68.3 Å². The second-order valence-corrected chi connectivity index (χ2v) is 8.96. The van der Waals surface area contributed by atoms with Gasteiger partial charge in [0.2, 0.25) is 5.95 Å². The van der Waals surface area contributed by atoms with Crippen molar-refractivity contribution in [1.29, 1.82) is 0 Å². The number of fused-ring (bicyclic) bond motifs is 1. The van der Waals surface area contributed by atoms with Crippen LogP contribution in [0.15, 0.2) is 66.9 Å². The van der Waals surface area contributed by atoms with Gasteiger partial charge in [-0.2, -0.15) is 0 Å². The molecule has 2 aromatic carbocycles. The second kappa shape index (κ2) is 9.36.